The number of imide groups is 1. The Kier molecular flexibility index (Phi) is 3.37. The minimum absolute atomic E-state index is 0.0286. The Morgan fingerprint density at radius 1 is 1.16 bits per heavy atom. The zero-order valence-electron chi connectivity index (χ0n) is 11.8. The molecule has 4 heteroatoms. The van der Waals surface area contributed by atoms with E-state index in [4.69, 9.17) is 0 Å². The van der Waals surface area contributed by atoms with Crippen LogP contribution in [0.15, 0.2) is 0 Å². The molecule has 3 fully saturated rings. The van der Waals surface area contributed by atoms with E-state index in [0.717, 1.165) is 32.4 Å². The van der Waals surface area contributed by atoms with Crippen LogP contribution in [-0.4, -0.2) is 35.8 Å². The molecule has 19 heavy (non-hydrogen) atoms. The van der Waals surface area contributed by atoms with Crippen molar-refractivity contribution in [2.24, 2.45) is 11.3 Å². The van der Waals surface area contributed by atoms with Crippen molar-refractivity contribution in [2.75, 3.05) is 13.1 Å². The van der Waals surface area contributed by atoms with Gasteiger partial charge in [0.1, 0.15) is 0 Å². The van der Waals surface area contributed by atoms with Gasteiger partial charge < -0.3 is 5.32 Å². The molecule has 2 aliphatic heterocycles. The average Bonchev–Trinajstić information content (AvgIpc) is 2.78. The molecule has 0 aromatic heterocycles. The monoisotopic (exact) mass is 264 g/mol. The number of hydrogen-bond donors (Lipinski definition) is 1. The maximum absolute atomic E-state index is 12.5. The first-order valence-corrected chi connectivity index (χ1v) is 7.67. The fraction of sp³-hybridized carbons (Fsp3) is 0.867. The summed E-state index contributed by atoms with van der Waals surface area (Å²) in [7, 11) is 0. The second kappa shape index (κ2) is 4.89. The Labute approximate surface area is 114 Å². The van der Waals surface area contributed by atoms with E-state index < -0.39 is 0 Å². The van der Waals surface area contributed by atoms with Crippen molar-refractivity contribution in [1.29, 1.82) is 0 Å². The highest BCUT2D eigenvalue weighted by atomic mass is 16.2. The predicted octanol–water partition coefficient (Wildman–Crippen LogP) is 1.69. The number of carbonyl (C=O) groups is 2. The summed E-state index contributed by atoms with van der Waals surface area (Å²) in [4.78, 5) is 26.6. The summed E-state index contributed by atoms with van der Waals surface area (Å²) in [6.07, 6.45) is 6.63. The van der Waals surface area contributed by atoms with Gasteiger partial charge in [0.15, 0.2) is 0 Å². The minimum atomic E-state index is 0.0286. The van der Waals surface area contributed by atoms with Crippen LogP contribution in [0.4, 0.5) is 0 Å². The molecule has 2 amide bonds. The van der Waals surface area contributed by atoms with E-state index in [1.807, 2.05) is 0 Å². The molecule has 0 aromatic carbocycles. The average molecular weight is 264 g/mol. The second-order valence-electron chi connectivity index (χ2n) is 6.76. The van der Waals surface area contributed by atoms with Crippen molar-refractivity contribution in [3.63, 3.8) is 0 Å². The van der Waals surface area contributed by atoms with Crippen LogP contribution in [0.25, 0.3) is 0 Å². The lowest BCUT2D eigenvalue weighted by atomic mass is 9.75. The van der Waals surface area contributed by atoms with E-state index in [1.54, 1.807) is 4.90 Å². The zero-order valence-corrected chi connectivity index (χ0v) is 11.8. The number of rotatable bonds is 1. The molecule has 4 nitrogen and oxygen atoms in total. The standard InChI is InChI=1S/C15H24N2O2/c1-11-10-16-7-4-12(11)17-13(18)8-15(9-14(17)19)5-2-3-6-15/h11-12,16H,2-10H2,1H3. The first-order chi connectivity index (χ1) is 9.11. The van der Waals surface area contributed by atoms with Crippen molar-refractivity contribution >= 4 is 11.8 Å². The van der Waals surface area contributed by atoms with Gasteiger partial charge in [0.2, 0.25) is 11.8 Å². The van der Waals surface area contributed by atoms with E-state index in [1.165, 1.54) is 12.8 Å². The summed E-state index contributed by atoms with van der Waals surface area (Å²) in [5.41, 5.74) is 0.0286. The Morgan fingerprint density at radius 3 is 2.37 bits per heavy atom. The molecule has 0 aromatic rings. The third kappa shape index (κ3) is 2.31. The van der Waals surface area contributed by atoms with E-state index in [2.05, 4.69) is 12.2 Å². The van der Waals surface area contributed by atoms with Crippen molar-refractivity contribution < 1.29 is 9.59 Å². The van der Waals surface area contributed by atoms with Gasteiger partial charge in [0.25, 0.3) is 0 Å². The lowest BCUT2D eigenvalue weighted by Crippen LogP contribution is -2.57. The summed E-state index contributed by atoms with van der Waals surface area (Å²) < 4.78 is 0. The van der Waals surface area contributed by atoms with Crippen LogP contribution in [0, 0.1) is 11.3 Å². The Bertz CT molecular complexity index is 368. The molecular weight excluding hydrogens is 240 g/mol. The smallest absolute Gasteiger partial charge is 0.230 e. The number of amides is 2. The molecule has 3 rings (SSSR count). The molecule has 1 aliphatic carbocycles. The summed E-state index contributed by atoms with van der Waals surface area (Å²) >= 11 is 0. The van der Waals surface area contributed by atoms with Crippen molar-refractivity contribution in [3.8, 4) is 0 Å². The third-order valence-electron chi connectivity index (χ3n) is 5.33. The molecule has 1 spiro atoms. The van der Waals surface area contributed by atoms with Crippen LogP contribution in [0.3, 0.4) is 0 Å². The zero-order chi connectivity index (χ0) is 13.5. The predicted molar refractivity (Wildman–Crippen MR) is 72.4 cm³/mol. The molecule has 106 valence electrons. The van der Waals surface area contributed by atoms with Crippen LogP contribution in [-0.2, 0) is 9.59 Å². The molecule has 2 heterocycles. The van der Waals surface area contributed by atoms with Crippen LogP contribution in [0.5, 0.6) is 0 Å². The fourth-order valence-corrected chi connectivity index (χ4v) is 4.25. The topological polar surface area (TPSA) is 49.4 Å². The van der Waals surface area contributed by atoms with Crippen LogP contribution < -0.4 is 5.32 Å². The van der Waals surface area contributed by atoms with Crippen molar-refractivity contribution in [1.82, 2.24) is 10.2 Å². The maximum atomic E-state index is 12.5. The molecule has 2 saturated heterocycles. The first-order valence-electron chi connectivity index (χ1n) is 7.67. The number of nitrogens with zero attached hydrogens (tertiary/aromatic N) is 1. The van der Waals surface area contributed by atoms with Gasteiger partial charge in [0.05, 0.1) is 0 Å². The van der Waals surface area contributed by atoms with Gasteiger partial charge in [-0.15, -0.1) is 0 Å². The number of carbonyl (C=O) groups excluding carboxylic acids is 2. The summed E-state index contributed by atoms with van der Waals surface area (Å²) in [5, 5.41) is 3.33. The van der Waals surface area contributed by atoms with E-state index in [0.29, 0.717) is 18.8 Å². The number of likely N-dealkylation sites (tertiary alicyclic amines) is 1. The minimum Gasteiger partial charge on any atom is -0.316 e. The highest BCUT2D eigenvalue weighted by Crippen LogP contribution is 2.47. The summed E-state index contributed by atoms with van der Waals surface area (Å²) in [6, 6.07) is 0.125. The maximum Gasteiger partial charge on any atom is 0.230 e. The van der Waals surface area contributed by atoms with Crippen molar-refractivity contribution in [3.05, 3.63) is 0 Å². The molecule has 0 bridgehead atoms. The lowest BCUT2D eigenvalue weighted by molar-refractivity contribution is -0.158. The summed E-state index contributed by atoms with van der Waals surface area (Å²) in [6.45, 7) is 3.96. The van der Waals surface area contributed by atoms with Gasteiger partial charge in [-0.2, -0.15) is 0 Å². The van der Waals surface area contributed by atoms with E-state index >= 15 is 0 Å². The van der Waals surface area contributed by atoms with Gasteiger partial charge in [0, 0.05) is 18.9 Å². The Morgan fingerprint density at radius 2 is 1.79 bits per heavy atom. The Balaban J connectivity index is 1.76. The molecule has 3 aliphatic rings. The molecule has 0 radical (unpaired) electrons. The largest absolute Gasteiger partial charge is 0.316 e. The molecule has 1 N–H and O–H groups in total. The molecule has 2 atom stereocenters. The van der Waals surface area contributed by atoms with Crippen LogP contribution in [0.1, 0.15) is 51.9 Å². The SMILES string of the molecule is CC1CNCCC1N1C(=O)CC2(CCCC2)CC1=O. The first kappa shape index (κ1) is 13.1. The van der Waals surface area contributed by atoms with Crippen LogP contribution >= 0.6 is 0 Å². The van der Waals surface area contributed by atoms with Crippen LogP contribution in [0.2, 0.25) is 0 Å². The lowest BCUT2D eigenvalue weighted by Gasteiger charge is -2.44. The molecular formula is C15H24N2O2. The molecule has 1 saturated carbocycles. The van der Waals surface area contributed by atoms with E-state index in [-0.39, 0.29) is 23.3 Å². The fourth-order valence-electron chi connectivity index (χ4n) is 4.25. The quantitative estimate of drug-likeness (QED) is 0.733. The third-order valence-corrected chi connectivity index (χ3v) is 5.33. The Hall–Kier alpha value is -0.900. The highest BCUT2D eigenvalue weighted by Gasteiger charge is 2.47. The highest BCUT2D eigenvalue weighted by molar-refractivity contribution is 5.99. The van der Waals surface area contributed by atoms with Gasteiger partial charge in [-0.1, -0.05) is 19.8 Å². The molecule has 2 unspecified atom stereocenters. The van der Waals surface area contributed by atoms with Gasteiger partial charge >= 0.3 is 0 Å². The normalized spacial score (nSPS) is 35.1. The van der Waals surface area contributed by atoms with Gasteiger partial charge in [-0.05, 0) is 43.7 Å². The van der Waals surface area contributed by atoms with E-state index in [9.17, 15) is 9.59 Å². The van der Waals surface area contributed by atoms with Gasteiger partial charge in [-0.25, -0.2) is 0 Å². The van der Waals surface area contributed by atoms with Crippen molar-refractivity contribution in [2.45, 2.75) is 57.9 Å². The number of hydrogen-bond acceptors (Lipinski definition) is 3. The number of piperidine rings is 2. The van der Waals surface area contributed by atoms with Gasteiger partial charge in [-0.3, -0.25) is 14.5 Å². The number of nitrogens with one attached hydrogen (secondary N) is 1. The second-order valence-corrected chi connectivity index (χ2v) is 6.76. The summed E-state index contributed by atoms with van der Waals surface area (Å²) in [5.74, 6) is 0.563.